The zero-order valence-electron chi connectivity index (χ0n) is 17.2. The Bertz CT molecular complexity index is 748. The van der Waals surface area contributed by atoms with Crippen LogP contribution in [0.5, 0.6) is 0 Å². The standard InChI is InChI=1S/C23H30N4O2/c1-26(2)23(29)27-15-13-18(14-16-27)17-24-22(28)25-21(19-9-5-3-6-10-19)20-11-7-4-8-12-20/h3-12,18,21H,13-17H2,1-2H3,(H2,24,25,28). The number of urea groups is 2. The third kappa shape index (κ3) is 5.73. The molecule has 2 N–H and O–H groups in total. The van der Waals surface area contributed by atoms with Crippen LogP contribution < -0.4 is 10.6 Å². The van der Waals surface area contributed by atoms with E-state index in [4.69, 9.17) is 0 Å². The smallest absolute Gasteiger partial charge is 0.319 e. The van der Waals surface area contributed by atoms with E-state index in [9.17, 15) is 9.59 Å². The average Bonchev–Trinajstić information content (AvgIpc) is 2.77. The van der Waals surface area contributed by atoms with Crippen molar-refractivity contribution in [1.29, 1.82) is 0 Å². The predicted octanol–water partition coefficient (Wildman–Crippen LogP) is 3.47. The Kier molecular flexibility index (Phi) is 7.11. The number of amides is 4. The van der Waals surface area contributed by atoms with Gasteiger partial charge in [0.2, 0.25) is 0 Å². The summed E-state index contributed by atoms with van der Waals surface area (Å²) in [5.41, 5.74) is 2.09. The minimum absolute atomic E-state index is 0.0581. The molecule has 0 atom stereocenters. The van der Waals surface area contributed by atoms with Crippen molar-refractivity contribution < 1.29 is 9.59 Å². The summed E-state index contributed by atoms with van der Waals surface area (Å²) in [6.07, 6.45) is 1.81. The number of piperidine rings is 1. The molecule has 6 nitrogen and oxygen atoms in total. The quantitative estimate of drug-likeness (QED) is 0.816. The molecule has 0 radical (unpaired) electrons. The molecule has 154 valence electrons. The molecule has 0 aromatic heterocycles. The molecule has 6 heteroatoms. The van der Waals surface area contributed by atoms with E-state index in [0.717, 1.165) is 37.1 Å². The summed E-state index contributed by atoms with van der Waals surface area (Å²) in [7, 11) is 3.55. The Morgan fingerprint density at radius 1 is 0.966 bits per heavy atom. The Balaban J connectivity index is 1.53. The highest BCUT2D eigenvalue weighted by molar-refractivity contribution is 5.75. The van der Waals surface area contributed by atoms with Crippen molar-refractivity contribution in [2.75, 3.05) is 33.7 Å². The largest absolute Gasteiger partial charge is 0.338 e. The molecule has 4 amide bonds. The number of carbonyl (C=O) groups excluding carboxylic acids is 2. The van der Waals surface area contributed by atoms with Crippen molar-refractivity contribution >= 4 is 12.1 Å². The van der Waals surface area contributed by atoms with Crippen LogP contribution in [0.15, 0.2) is 60.7 Å². The minimum atomic E-state index is -0.197. The fourth-order valence-corrected chi connectivity index (χ4v) is 3.68. The monoisotopic (exact) mass is 394 g/mol. The lowest BCUT2D eigenvalue weighted by Crippen LogP contribution is -2.46. The third-order valence-corrected chi connectivity index (χ3v) is 5.36. The van der Waals surface area contributed by atoms with E-state index >= 15 is 0 Å². The van der Waals surface area contributed by atoms with Gasteiger partial charge in [-0.1, -0.05) is 60.7 Å². The number of likely N-dealkylation sites (tertiary alicyclic amines) is 1. The van der Waals surface area contributed by atoms with Crippen LogP contribution in [-0.2, 0) is 0 Å². The molecule has 2 aromatic rings. The molecule has 29 heavy (non-hydrogen) atoms. The molecule has 0 unspecified atom stereocenters. The molecule has 2 aromatic carbocycles. The van der Waals surface area contributed by atoms with Gasteiger partial charge in [0.15, 0.2) is 0 Å². The molecular formula is C23H30N4O2. The van der Waals surface area contributed by atoms with Crippen LogP contribution in [0.4, 0.5) is 9.59 Å². The third-order valence-electron chi connectivity index (χ3n) is 5.36. The fraction of sp³-hybridized carbons (Fsp3) is 0.391. The molecule has 0 bridgehead atoms. The van der Waals surface area contributed by atoms with Gasteiger partial charge in [0.25, 0.3) is 0 Å². The maximum Gasteiger partial charge on any atom is 0.319 e. The maximum absolute atomic E-state index is 12.6. The number of hydrogen-bond donors (Lipinski definition) is 2. The van der Waals surface area contributed by atoms with E-state index in [1.165, 1.54) is 0 Å². The fourth-order valence-electron chi connectivity index (χ4n) is 3.68. The van der Waals surface area contributed by atoms with E-state index in [2.05, 4.69) is 10.6 Å². The van der Waals surface area contributed by atoms with Gasteiger partial charge in [-0.25, -0.2) is 9.59 Å². The van der Waals surface area contributed by atoms with Crippen molar-refractivity contribution in [2.45, 2.75) is 18.9 Å². The number of hydrogen-bond acceptors (Lipinski definition) is 2. The van der Waals surface area contributed by atoms with Crippen LogP contribution in [0.1, 0.15) is 30.0 Å². The Labute approximate surface area is 172 Å². The summed E-state index contributed by atoms with van der Waals surface area (Å²) < 4.78 is 0. The van der Waals surface area contributed by atoms with Crippen LogP contribution >= 0.6 is 0 Å². The highest BCUT2D eigenvalue weighted by Crippen LogP contribution is 2.22. The van der Waals surface area contributed by atoms with Crippen molar-refractivity contribution in [2.24, 2.45) is 5.92 Å². The SMILES string of the molecule is CN(C)C(=O)N1CCC(CNC(=O)NC(c2ccccc2)c2ccccc2)CC1. The number of nitrogens with zero attached hydrogens (tertiary/aromatic N) is 2. The van der Waals surface area contributed by atoms with Gasteiger partial charge in [-0.15, -0.1) is 0 Å². The van der Waals surface area contributed by atoms with Crippen LogP contribution in [0.3, 0.4) is 0 Å². The first-order chi connectivity index (χ1) is 14.0. The second-order valence-electron chi connectivity index (χ2n) is 7.72. The molecule has 0 spiro atoms. The van der Waals surface area contributed by atoms with E-state index in [1.807, 2.05) is 65.6 Å². The van der Waals surface area contributed by atoms with Crippen molar-refractivity contribution in [3.8, 4) is 0 Å². The van der Waals surface area contributed by atoms with Gasteiger partial charge in [0.05, 0.1) is 6.04 Å². The molecule has 0 aliphatic carbocycles. The van der Waals surface area contributed by atoms with Crippen molar-refractivity contribution in [1.82, 2.24) is 20.4 Å². The first-order valence-corrected chi connectivity index (χ1v) is 10.1. The molecule has 1 aliphatic heterocycles. The lowest BCUT2D eigenvalue weighted by Gasteiger charge is -2.33. The van der Waals surface area contributed by atoms with Crippen LogP contribution in [-0.4, -0.2) is 55.6 Å². The first kappa shape index (κ1) is 20.7. The van der Waals surface area contributed by atoms with Gasteiger partial charge < -0.3 is 20.4 Å². The lowest BCUT2D eigenvalue weighted by atomic mass is 9.97. The van der Waals surface area contributed by atoms with E-state index in [0.29, 0.717) is 12.5 Å². The Hall–Kier alpha value is -3.02. The topological polar surface area (TPSA) is 64.7 Å². The second kappa shape index (κ2) is 9.96. The lowest BCUT2D eigenvalue weighted by molar-refractivity contribution is 0.147. The molecule has 0 saturated carbocycles. The van der Waals surface area contributed by atoms with Gasteiger partial charge in [-0.3, -0.25) is 0 Å². The average molecular weight is 395 g/mol. The summed E-state index contributed by atoms with van der Waals surface area (Å²) in [4.78, 5) is 28.1. The van der Waals surface area contributed by atoms with Crippen LogP contribution in [0, 0.1) is 5.92 Å². The molecular weight excluding hydrogens is 364 g/mol. The number of rotatable bonds is 5. The maximum atomic E-state index is 12.6. The predicted molar refractivity (Wildman–Crippen MR) is 115 cm³/mol. The summed E-state index contributed by atoms with van der Waals surface area (Å²) in [5.74, 6) is 0.388. The van der Waals surface area contributed by atoms with Crippen LogP contribution in [0.2, 0.25) is 0 Å². The molecule has 1 heterocycles. The van der Waals surface area contributed by atoms with Crippen LogP contribution in [0.25, 0.3) is 0 Å². The van der Waals surface area contributed by atoms with Gasteiger partial charge in [-0.05, 0) is 29.9 Å². The van der Waals surface area contributed by atoms with Crippen molar-refractivity contribution in [3.05, 3.63) is 71.8 Å². The Morgan fingerprint density at radius 3 is 1.97 bits per heavy atom. The molecule has 3 rings (SSSR count). The van der Waals surface area contributed by atoms with E-state index in [-0.39, 0.29) is 18.1 Å². The molecule has 1 fully saturated rings. The summed E-state index contributed by atoms with van der Waals surface area (Å²) in [6.45, 7) is 2.09. The van der Waals surface area contributed by atoms with Crippen molar-refractivity contribution in [3.63, 3.8) is 0 Å². The van der Waals surface area contributed by atoms with Gasteiger partial charge in [0.1, 0.15) is 0 Å². The number of benzene rings is 2. The summed E-state index contributed by atoms with van der Waals surface area (Å²) in [5, 5.41) is 6.14. The molecule has 1 aliphatic rings. The Morgan fingerprint density at radius 2 is 1.48 bits per heavy atom. The molecule has 1 saturated heterocycles. The number of nitrogens with one attached hydrogen (secondary N) is 2. The van der Waals surface area contributed by atoms with Gasteiger partial charge in [0, 0.05) is 33.7 Å². The normalized spacial score (nSPS) is 14.5. The van der Waals surface area contributed by atoms with E-state index < -0.39 is 0 Å². The van der Waals surface area contributed by atoms with Gasteiger partial charge in [-0.2, -0.15) is 0 Å². The first-order valence-electron chi connectivity index (χ1n) is 10.1. The summed E-state index contributed by atoms with van der Waals surface area (Å²) >= 11 is 0. The van der Waals surface area contributed by atoms with Gasteiger partial charge >= 0.3 is 12.1 Å². The zero-order valence-corrected chi connectivity index (χ0v) is 17.2. The summed E-state index contributed by atoms with van der Waals surface area (Å²) in [6, 6.07) is 19.6. The second-order valence-corrected chi connectivity index (χ2v) is 7.72. The minimum Gasteiger partial charge on any atom is -0.338 e. The highest BCUT2D eigenvalue weighted by atomic mass is 16.2. The highest BCUT2D eigenvalue weighted by Gasteiger charge is 2.24. The zero-order chi connectivity index (χ0) is 20.6. The van der Waals surface area contributed by atoms with E-state index in [1.54, 1.807) is 19.0 Å². The number of carbonyl (C=O) groups is 2.